The Morgan fingerprint density at radius 3 is 2.39 bits per heavy atom. The summed E-state index contributed by atoms with van der Waals surface area (Å²) in [6.07, 6.45) is 3.82. The average Bonchev–Trinajstić information content (AvgIpc) is 3.11. The maximum Gasteiger partial charge on any atom is 0.336 e. The highest BCUT2D eigenvalue weighted by Crippen LogP contribution is 2.24. The molecule has 1 heterocycles. The topological polar surface area (TPSA) is 88.7 Å². The van der Waals surface area contributed by atoms with Gasteiger partial charge in [0.2, 0.25) is 0 Å². The minimum Gasteiger partial charge on any atom is -0.478 e. The number of hydrogen-bond acceptors (Lipinski definition) is 4. The Hall–Kier alpha value is -3.32. The van der Waals surface area contributed by atoms with Crippen molar-refractivity contribution in [2.24, 2.45) is 4.99 Å². The van der Waals surface area contributed by atoms with Gasteiger partial charge in [0.25, 0.3) is 5.91 Å². The van der Waals surface area contributed by atoms with E-state index in [-0.39, 0.29) is 23.5 Å². The number of benzene rings is 2. The van der Waals surface area contributed by atoms with E-state index in [2.05, 4.69) is 4.99 Å². The number of ketones is 1. The van der Waals surface area contributed by atoms with E-state index in [0.29, 0.717) is 10.4 Å². The monoisotopic (exact) mass is 434 g/mol. The molecule has 1 aromatic heterocycles. The second-order valence-electron chi connectivity index (χ2n) is 7.60. The fourth-order valence-corrected chi connectivity index (χ4v) is 4.97. The van der Waals surface area contributed by atoms with Gasteiger partial charge in [-0.2, -0.15) is 4.99 Å². The number of amides is 1. The normalized spacial score (nSPS) is 13.6. The number of nitrogens with zero attached hydrogens (tertiary/aromatic N) is 2. The second kappa shape index (κ2) is 8.81. The van der Waals surface area contributed by atoms with Crippen molar-refractivity contribution in [1.29, 1.82) is 0 Å². The van der Waals surface area contributed by atoms with Crippen LogP contribution in [0.5, 0.6) is 0 Å². The summed E-state index contributed by atoms with van der Waals surface area (Å²) in [5.74, 6) is -1.84. The van der Waals surface area contributed by atoms with Crippen LogP contribution >= 0.6 is 11.3 Å². The molecule has 0 bridgehead atoms. The van der Waals surface area contributed by atoms with Crippen molar-refractivity contribution < 1.29 is 19.5 Å². The Morgan fingerprint density at radius 1 is 1.00 bits per heavy atom. The second-order valence-corrected chi connectivity index (χ2v) is 8.67. The van der Waals surface area contributed by atoms with Gasteiger partial charge in [0.05, 0.1) is 17.7 Å². The van der Waals surface area contributed by atoms with E-state index >= 15 is 0 Å². The molecule has 6 nitrogen and oxygen atoms in total. The highest BCUT2D eigenvalue weighted by Gasteiger charge is 2.21. The molecule has 0 aliphatic heterocycles. The van der Waals surface area contributed by atoms with Crippen LogP contribution in [0.25, 0.3) is 0 Å². The van der Waals surface area contributed by atoms with Gasteiger partial charge in [-0.3, -0.25) is 9.59 Å². The SMILES string of the molecule is Cc1ccc(C(=O)Cn2c3c(s/c2=N\C(=O)c2ccccc2C(=O)O)CCCC3)cc1. The highest BCUT2D eigenvalue weighted by molar-refractivity contribution is 7.09. The lowest BCUT2D eigenvalue weighted by atomic mass is 10.0. The molecule has 0 radical (unpaired) electrons. The molecule has 7 heteroatoms. The number of Topliss-reactive ketones (excluding diaryl/α,β-unsaturated/α-hetero) is 1. The van der Waals surface area contributed by atoms with Crippen LogP contribution < -0.4 is 4.80 Å². The third kappa shape index (κ3) is 4.41. The standard InChI is InChI=1S/C24H22N2O4S/c1-15-10-12-16(13-11-15)20(27)14-26-19-8-4-5-9-21(19)31-24(26)25-22(28)17-6-2-3-7-18(17)23(29)30/h2-3,6-7,10-13H,4-5,8-9,14H2,1H3,(H,29,30)/b25-24-. The van der Waals surface area contributed by atoms with Crippen LogP contribution in [0.4, 0.5) is 0 Å². The summed E-state index contributed by atoms with van der Waals surface area (Å²) in [5.41, 5.74) is 2.70. The summed E-state index contributed by atoms with van der Waals surface area (Å²) in [7, 11) is 0. The lowest BCUT2D eigenvalue weighted by Crippen LogP contribution is -2.25. The highest BCUT2D eigenvalue weighted by atomic mass is 32.1. The summed E-state index contributed by atoms with van der Waals surface area (Å²) < 4.78 is 1.84. The van der Waals surface area contributed by atoms with Crippen molar-refractivity contribution in [2.45, 2.75) is 39.2 Å². The van der Waals surface area contributed by atoms with Crippen LogP contribution in [0.3, 0.4) is 0 Å². The number of carbonyl (C=O) groups is 3. The Morgan fingerprint density at radius 2 is 1.68 bits per heavy atom. The van der Waals surface area contributed by atoms with Gasteiger partial charge in [-0.1, -0.05) is 42.0 Å². The zero-order chi connectivity index (χ0) is 22.0. The minimum absolute atomic E-state index is 0.0396. The molecule has 1 aliphatic carbocycles. The maximum atomic E-state index is 12.9. The number of aryl methyl sites for hydroxylation is 2. The fraction of sp³-hybridized carbons (Fsp3) is 0.250. The predicted octanol–water partition coefficient (Wildman–Crippen LogP) is 4.06. The fourth-order valence-electron chi connectivity index (χ4n) is 3.76. The number of aromatic nitrogens is 1. The van der Waals surface area contributed by atoms with Gasteiger partial charge in [-0.05, 0) is 44.7 Å². The number of thiazole rings is 1. The van der Waals surface area contributed by atoms with Crippen LogP contribution in [0.2, 0.25) is 0 Å². The largest absolute Gasteiger partial charge is 0.478 e. The van der Waals surface area contributed by atoms with E-state index in [1.54, 1.807) is 12.1 Å². The molecule has 1 amide bonds. The molecule has 4 rings (SSSR count). The Bertz CT molecular complexity index is 1240. The molecule has 3 aromatic rings. The van der Waals surface area contributed by atoms with Gasteiger partial charge in [0, 0.05) is 16.1 Å². The zero-order valence-corrected chi connectivity index (χ0v) is 17.9. The van der Waals surface area contributed by atoms with E-state index in [1.165, 1.54) is 23.5 Å². The van der Waals surface area contributed by atoms with Crippen LogP contribution in [0.1, 0.15) is 60.1 Å². The summed E-state index contributed by atoms with van der Waals surface area (Å²) in [6.45, 7) is 2.07. The first-order valence-electron chi connectivity index (χ1n) is 10.2. The lowest BCUT2D eigenvalue weighted by Gasteiger charge is -2.14. The number of aromatic carboxylic acids is 1. The van der Waals surface area contributed by atoms with Crippen LogP contribution in [0, 0.1) is 6.92 Å². The Balaban J connectivity index is 1.75. The first-order chi connectivity index (χ1) is 14.9. The molecular weight excluding hydrogens is 412 g/mol. The molecule has 1 N–H and O–H groups in total. The lowest BCUT2D eigenvalue weighted by molar-refractivity contribution is 0.0692. The van der Waals surface area contributed by atoms with Crippen molar-refractivity contribution >= 4 is 29.0 Å². The zero-order valence-electron chi connectivity index (χ0n) is 17.1. The average molecular weight is 435 g/mol. The molecule has 0 saturated carbocycles. The summed E-state index contributed by atoms with van der Waals surface area (Å²) in [5, 5.41) is 9.39. The number of carbonyl (C=O) groups excluding carboxylic acids is 2. The molecule has 0 fully saturated rings. The quantitative estimate of drug-likeness (QED) is 0.614. The number of hydrogen-bond donors (Lipinski definition) is 1. The van der Waals surface area contributed by atoms with Gasteiger partial charge in [-0.25, -0.2) is 4.79 Å². The van der Waals surface area contributed by atoms with Crippen molar-refractivity contribution in [3.63, 3.8) is 0 Å². The maximum absolute atomic E-state index is 12.9. The molecule has 158 valence electrons. The molecular formula is C24H22N2O4S. The van der Waals surface area contributed by atoms with E-state index in [9.17, 15) is 19.5 Å². The first kappa shape index (κ1) is 20.9. The first-order valence-corrected chi connectivity index (χ1v) is 11.0. The van der Waals surface area contributed by atoms with Crippen molar-refractivity contribution in [2.75, 3.05) is 0 Å². The number of fused-ring (bicyclic) bond motifs is 1. The summed E-state index contributed by atoms with van der Waals surface area (Å²) in [4.78, 5) is 43.2. The van der Waals surface area contributed by atoms with Crippen LogP contribution in [0.15, 0.2) is 53.5 Å². The number of rotatable bonds is 5. The third-order valence-electron chi connectivity index (χ3n) is 5.42. The molecule has 2 aromatic carbocycles. The molecule has 0 spiro atoms. The molecule has 31 heavy (non-hydrogen) atoms. The third-order valence-corrected chi connectivity index (χ3v) is 6.60. The van der Waals surface area contributed by atoms with Crippen molar-refractivity contribution in [3.05, 3.63) is 86.2 Å². The van der Waals surface area contributed by atoms with Gasteiger partial charge in [0.1, 0.15) is 0 Å². The van der Waals surface area contributed by atoms with E-state index in [0.717, 1.165) is 41.8 Å². The van der Waals surface area contributed by atoms with Gasteiger partial charge in [-0.15, -0.1) is 11.3 Å². The molecule has 1 aliphatic rings. The predicted molar refractivity (Wildman–Crippen MR) is 118 cm³/mol. The smallest absolute Gasteiger partial charge is 0.336 e. The Labute approximate surface area is 183 Å². The molecule has 0 atom stereocenters. The van der Waals surface area contributed by atoms with E-state index in [4.69, 9.17) is 0 Å². The number of carboxylic acids is 1. The van der Waals surface area contributed by atoms with Gasteiger partial charge >= 0.3 is 5.97 Å². The minimum atomic E-state index is -1.17. The molecule has 0 unspecified atom stereocenters. The molecule has 0 saturated heterocycles. The van der Waals surface area contributed by atoms with Gasteiger partial charge < -0.3 is 9.67 Å². The van der Waals surface area contributed by atoms with E-state index < -0.39 is 11.9 Å². The van der Waals surface area contributed by atoms with Crippen molar-refractivity contribution in [3.8, 4) is 0 Å². The van der Waals surface area contributed by atoms with E-state index in [1.807, 2.05) is 35.8 Å². The van der Waals surface area contributed by atoms with Crippen molar-refractivity contribution in [1.82, 2.24) is 4.57 Å². The van der Waals surface area contributed by atoms with Crippen LogP contribution in [-0.2, 0) is 19.4 Å². The number of carboxylic acid groups (broad SMARTS) is 1. The van der Waals surface area contributed by atoms with Crippen LogP contribution in [-0.4, -0.2) is 27.3 Å². The Kier molecular flexibility index (Phi) is 5.95. The van der Waals surface area contributed by atoms with Gasteiger partial charge in [0.15, 0.2) is 10.6 Å². The summed E-state index contributed by atoms with van der Waals surface area (Å²) in [6, 6.07) is 13.5. The summed E-state index contributed by atoms with van der Waals surface area (Å²) >= 11 is 1.41.